The van der Waals surface area contributed by atoms with Gasteiger partial charge in [-0.2, -0.15) is 0 Å². The number of benzene rings is 3. The van der Waals surface area contributed by atoms with E-state index < -0.39 is 4.92 Å². The second-order valence-electron chi connectivity index (χ2n) is 7.44. The van der Waals surface area contributed by atoms with Crippen LogP contribution < -0.4 is 9.64 Å². The molecular weight excluding hydrogens is 430 g/mol. The lowest BCUT2D eigenvalue weighted by molar-refractivity contribution is -0.384. The molecular formula is C24H22ClN3O4. The van der Waals surface area contributed by atoms with Gasteiger partial charge in [-0.25, -0.2) is 0 Å². The van der Waals surface area contributed by atoms with Crippen molar-refractivity contribution in [3.05, 3.63) is 87.9 Å². The van der Waals surface area contributed by atoms with E-state index in [0.29, 0.717) is 37.0 Å². The van der Waals surface area contributed by atoms with Crippen molar-refractivity contribution in [1.82, 2.24) is 4.90 Å². The third-order valence-corrected chi connectivity index (χ3v) is 5.74. The van der Waals surface area contributed by atoms with Crippen molar-refractivity contribution in [2.75, 3.05) is 37.7 Å². The Hall–Kier alpha value is -3.58. The summed E-state index contributed by atoms with van der Waals surface area (Å²) < 4.78 is 5.69. The maximum absolute atomic E-state index is 12.6. The summed E-state index contributed by atoms with van der Waals surface area (Å²) in [5, 5.41) is 11.3. The van der Waals surface area contributed by atoms with Crippen LogP contribution in [0.15, 0.2) is 72.8 Å². The zero-order chi connectivity index (χ0) is 22.5. The van der Waals surface area contributed by atoms with Crippen molar-refractivity contribution >= 4 is 28.9 Å². The molecule has 1 aliphatic heterocycles. The summed E-state index contributed by atoms with van der Waals surface area (Å²) in [4.78, 5) is 26.8. The van der Waals surface area contributed by atoms with Gasteiger partial charge in [0.2, 0.25) is 0 Å². The number of hydrogen-bond donors (Lipinski definition) is 0. The number of halogens is 1. The van der Waals surface area contributed by atoms with Crippen LogP contribution in [0.3, 0.4) is 0 Å². The van der Waals surface area contributed by atoms with Gasteiger partial charge in [-0.15, -0.1) is 0 Å². The van der Waals surface area contributed by atoms with E-state index in [2.05, 4.69) is 4.90 Å². The van der Waals surface area contributed by atoms with Crippen LogP contribution in [0.5, 0.6) is 5.75 Å². The smallest absolute Gasteiger partial charge is 0.269 e. The van der Waals surface area contributed by atoms with E-state index in [1.807, 2.05) is 42.5 Å². The van der Waals surface area contributed by atoms with Gasteiger partial charge < -0.3 is 14.5 Å². The minimum absolute atomic E-state index is 0.0650. The third kappa shape index (κ3) is 5.00. The first-order valence-electron chi connectivity index (χ1n) is 10.3. The molecule has 7 nitrogen and oxygen atoms in total. The number of piperazine rings is 1. The summed E-state index contributed by atoms with van der Waals surface area (Å²) in [5.41, 5.74) is 3.01. The number of non-ortho nitro benzene ring substituents is 1. The van der Waals surface area contributed by atoms with E-state index in [4.69, 9.17) is 16.3 Å². The molecule has 0 atom stereocenters. The van der Waals surface area contributed by atoms with Gasteiger partial charge in [0.25, 0.3) is 11.6 Å². The topological polar surface area (TPSA) is 75.9 Å². The molecule has 32 heavy (non-hydrogen) atoms. The zero-order valence-electron chi connectivity index (χ0n) is 17.3. The molecule has 1 fully saturated rings. The van der Waals surface area contributed by atoms with Gasteiger partial charge in [-0.3, -0.25) is 14.9 Å². The number of amides is 1. The lowest BCUT2D eigenvalue weighted by Gasteiger charge is -2.36. The Balaban J connectivity index is 1.29. The van der Waals surface area contributed by atoms with Crippen LogP contribution in [0, 0.1) is 10.1 Å². The van der Waals surface area contributed by atoms with Crippen molar-refractivity contribution in [2.45, 2.75) is 0 Å². The number of nitro groups is 1. The molecule has 0 aliphatic carbocycles. The first kappa shape index (κ1) is 21.6. The van der Waals surface area contributed by atoms with Crippen LogP contribution in [0.25, 0.3) is 11.1 Å². The van der Waals surface area contributed by atoms with Gasteiger partial charge in [-0.1, -0.05) is 48.0 Å². The van der Waals surface area contributed by atoms with E-state index in [1.165, 1.54) is 12.1 Å². The molecule has 0 bridgehead atoms. The number of ether oxygens (including phenoxy) is 1. The number of rotatable bonds is 6. The Morgan fingerprint density at radius 3 is 2.25 bits per heavy atom. The molecule has 3 aromatic rings. The quantitative estimate of drug-likeness (QED) is 0.403. The van der Waals surface area contributed by atoms with Gasteiger partial charge >= 0.3 is 0 Å². The lowest BCUT2D eigenvalue weighted by atomic mass is 10.1. The van der Waals surface area contributed by atoms with Gasteiger partial charge in [0.05, 0.1) is 9.95 Å². The van der Waals surface area contributed by atoms with Crippen LogP contribution in [0.2, 0.25) is 5.02 Å². The highest BCUT2D eigenvalue weighted by Crippen LogP contribution is 2.30. The van der Waals surface area contributed by atoms with Crippen molar-refractivity contribution in [2.24, 2.45) is 0 Å². The minimum atomic E-state index is -0.415. The fourth-order valence-electron chi connectivity index (χ4n) is 3.66. The number of carbonyl (C=O) groups is 1. The average molecular weight is 452 g/mol. The van der Waals surface area contributed by atoms with Crippen LogP contribution in [0.4, 0.5) is 11.4 Å². The number of carbonyl (C=O) groups excluding carboxylic acids is 1. The van der Waals surface area contributed by atoms with Crippen molar-refractivity contribution in [1.29, 1.82) is 0 Å². The molecule has 1 amide bonds. The van der Waals surface area contributed by atoms with Crippen molar-refractivity contribution in [3.8, 4) is 16.9 Å². The highest BCUT2D eigenvalue weighted by atomic mass is 35.5. The Morgan fingerprint density at radius 2 is 1.62 bits per heavy atom. The molecule has 1 saturated heterocycles. The highest BCUT2D eigenvalue weighted by Gasteiger charge is 2.22. The first-order valence-corrected chi connectivity index (χ1v) is 10.6. The van der Waals surface area contributed by atoms with E-state index in [9.17, 15) is 14.9 Å². The maximum Gasteiger partial charge on any atom is 0.269 e. The Labute approximate surface area is 190 Å². The summed E-state index contributed by atoms with van der Waals surface area (Å²) in [6, 6.07) is 21.9. The van der Waals surface area contributed by atoms with Crippen LogP contribution in [-0.4, -0.2) is 48.5 Å². The molecule has 0 spiro atoms. The summed E-state index contributed by atoms with van der Waals surface area (Å²) in [6.45, 7) is 2.33. The molecule has 0 N–H and O–H groups in total. The van der Waals surface area contributed by atoms with E-state index >= 15 is 0 Å². The predicted octanol–water partition coefficient (Wildman–Crippen LogP) is 4.64. The normalized spacial score (nSPS) is 13.7. The highest BCUT2D eigenvalue weighted by molar-refractivity contribution is 6.32. The minimum Gasteiger partial charge on any atom is -0.482 e. The Kier molecular flexibility index (Phi) is 6.56. The van der Waals surface area contributed by atoms with Crippen LogP contribution in [-0.2, 0) is 4.79 Å². The summed E-state index contributed by atoms with van der Waals surface area (Å²) >= 11 is 6.37. The summed E-state index contributed by atoms with van der Waals surface area (Å²) in [7, 11) is 0. The lowest BCUT2D eigenvalue weighted by Crippen LogP contribution is -2.50. The van der Waals surface area contributed by atoms with Gasteiger partial charge in [0.1, 0.15) is 5.75 Å². The zero-order valence-corrected chi connectivity index (χ0v) is 18.1. The number of nitro benzene ring substituents is 1. The Bertz CT molecular complexity index is 1100. The predicted molar refractivity (Wildman–Crippen MR) is 124 cm³/mol. The molecule has 1 aliphatic rings. The van der Waals surface area contributed by atoms with E-state index in [0.717, 1.165) is 16.8 Å². The maximum atomic E-state index is 12.6. The summed E-state index contributed by atoms with van der Waals surface area (Å²) in [5.74, 6) is 0.376. The molecule has 1 heterocycles. The number of hydrogen-bond acceptors (Lipinski definition) is 5. The van der Waals surface area contributed by atoms with Gasteiger partial charge in [0.15, 0.2) is 6.61 Å². The van der Waals surface area contributed by atoms with E-state index in [-0.39, 0.29) is 18.2 Å². The average Bonchev–Trinajstić information content (AvgIpc) is 2.84. The van der Waals surface area contributed by atoms with Crippen molar-refractivity contribution < 1.29 is 14.5 Å². The molecule has 4 rings (SSSR count). The molecule has 0 unspecified atom stereocenters. The van der Waals surface area contributed by atoms with Crippen molar-refractivity contribution in [3.63, 3.8) is 0 Å². The second-order valence-corrected chi connectivity index (χ2v) is 7.85. The van der Waals surface area contributed by atoms with Crippen LogP contribution >= 0.6 is 11.6 Å². The summed E-state index contributed by atoms with van der Waals surface area (Å²) in [6.07, 6.45) is 0. The monoisotopic (exact) mass is 451 g/mol. The van der Waals surface area contributed by atoms with Gasteiger partial charge in [0, 0.05) is 44.0 Å². The molecule has 3 aromatic carbocycles. The SMILES string of the molecule is O=C(COc1ccc(-c2ccccc2)cc1Cl)N1CCN(c2ccc([N+](=O)[O-])cc2)CC1. The fourth-order valence-corrected chi connectivity index (χ4v) is 3.89. The molecule has 0 aromatic heterocycles. The third-order valence-electron chi connectivity index (χ3n) is 5.45. The molecule has 0 saturated carbocycles. The van der Waals surface area contributed by atoms with E-state index in [1.54, 1.807) is 23.1 Å². The molecule has 8 heteroatoms. The largest absolute Gasteiger partial charge is 0.482 e. The number of anilines is 1. The molecule has 0 radical (unpaired) electrons. The second kappa shape index (κ2) is 9.70. The Morgan fingerprint density at radius 1 is 0.938 bits per heavy atom. The first-order chi connectivity index (χ1) is 15.5. The molecule has 164 valence electrons. The standard InChI is InChI=1S/C24H22ClN3O4/c25-22-16-19(18-4-2-1-3-5-18)6-11-23(22)32-17-24(29)27-14-12-26(13-15-27)20-7-9-21(10-8-20)28(30)31/h1-11,16H,12-15,17H2. The van der Waals surface area contributed by atoms with Gasteiger partial charge in [-0.05, 0) is 35.4 Å². The number of nitrogens with zero attached hydrogens (tertiary/aromatic N) is 3. The van der Waals surface area contributed by atoms with Crippen LogP contribution in [0.1, 0.15) is 0 Å². The fraction of sp³-hybridized carbons (Fsp3) is 0.208.